The van der Waals surface area contributed by atoms with Gasteiger partial charge in [0.1, 0.15) is 5.56 Å². The van der Waals surface area contributed by atoms with Crippen LogP contribution in [-0.4, -0.2) is 67.4 Å². The number of anilines is 2. The number of rotatable bonds is 9. The summed E-state index contributed by atoms with van der Waals surface area (Å²) in [6.45, 7) is 1.93. The molecular formula is C29H32F3N9O3S. The summed E-state index contributed by atoms with van der Waals surface area (Å²) < 4.78 is 67.3. The number of nitrogens with zero attached hydrogens (tertiary/aromatic N) is 8. The molecule has 238 valence electrons. The summed E-state index contributed by atoms with van der Waals surface area (Å²) in [5.41, 5.74) is -0.235. The Balaban J connectivity index is 1.33. The lowest BCUT2D eigenvalue weighted by Gasteiger charge is -2.36. The Kier molecular flexibility index (Phi) is 9.13. The van der Waals surface area contributed by atoms with Gasteiger partial charge in [0.15, 0.2) is 15.7 Å². The van der Waals surface area contributed by atoms with Crippen molar-refractivity contribution in [3.8, 4) is 22.5 Å². The first-order chi connectivity index (χ1) is 21.3. The average molecular weight is 644 g/mol. The molecule has 1 saturated carbocycles. The van der Waals surface area contributed by atoms with E-state index in [9.17, 15) is 26.4 Å². The molecule has 0 unspecified atom stereocenters. The second kappa shape index (κ2) is 12.9. The van der Waals surface area contributed by atoms with Gasteiger partial charge in [-0.05, 0) is 38.2 Å². The van der Waals surface area contributed by atoms with E-state index in [0.29, 0.717) is 56.2 Å². The Hall–Kier alpha value is -4.47. The van der Waals surface area contributed by atoms with Gasteiger partial charge in [-0.15, -0.1) is 0 Å². The van der Waals surface area contributed by atoms with Crippen LogP contribution in [-0.2, 0) is 27.9 Å². The van der Waals surface area contributed by atoms with Crippen molar-refractivity contribution in [3.63, 3.8) is 0 Å². The van der Waals surface area contributed by atoms with E-state index < -0.39 is 27.3 Å². The van der Waals surface area contributed by atoms with Crippen LogP contribution in [0.4, 0.5) is 24.9 Å². The van der Waals surface area contributed by atoms with E-state index in [1.54, 1.807) is 28.2 Å². The number of pyridine rings is 1. The van der Waals surface area contributed by atoms with E-state index >= 15 is 0 Å². The minimum atomic E-state index is -4.78. The van der Waals surface area contributed by atoms with Crippen LogP contribution in [0.15, 0.2) is 54.3 Å². The first kappa shape index (κ1) is 31.9. The molecular weight excluding hydrogens is 611 g/mol. The molecule has 1 amide bonds. The number of sulfone groups is 1. The number of aromatic nitrogens is 7. The third-order valence-corrected chi connectivity index (χ3v) is 8.60. The van der Waals surface area contributed by atoms with Crippen molar-refractivity contribution in [1.82, 2.24) is 34.7 Å². The van der Waals surface area contributed by atoms with Gasteiger partial charge in [0, 0.05) is 67.7 Å². The zero-order valence-corrected chi connectivity index (χ0v) is 25.7. The van der Waals surface area contributed by atoms with Crippen LogP contribution in [0.5, 0.6) is 0 Å². The maximum absolute atomic E-state index is 13.9. The maximum atomic E-state index is 13.9. The Morgan fingerprint density at radius 2 is 1.78 bits per heavy atom. The third-order valence-electron chi connectivity index (χ3n) is 7.52. The number of alkyl halides is 3. The summed E-state index contributed by atoms with van der Waals surface area (Å²) >= 11 is 0. The smallest absolute Gasteiger partial charge is 0.351 e. The van der Waals surface area contributed by atoms with Crippen LogP contribution in [0.25, 0.3) is 22.5 Å². The fourth-order valence-electron chi connectivity index (χ4n) is 5.29. The van der Waals surface area contributed by atoms with Gasteiger partial charge in [-0.25, -0.2) is 23.4 Å². The minimum Gasteiger partial charge on any atom is -0.351 e. The highest BCUT2D eigenvalue weighted by atomic mass is 32.2. The van der Waals surface area contributed by atoms with Crippen molar-refractivity contribution in [2.24, 2.45) is 7.05 Å². The zero-order chi connectivity index (χ0) is 32.4. The van der Waals surface area contributed by atoms with Gasteiger partial charge in [0.25, 0.3) is 0 Å². The third kappa shape index (κ3) is 7.44. The predicted octanol–water partition coefficient (Wildman–Crippen LogP) is 4.71. The van der Waals surface area contributed by atoms with Crippen LogP contribution in [0.3, 0.4) is 0 Å². The van der Waals surface area contributed by atoms with Gasteiger partial charge < -0.3 is 5.32 Å². The number of carbonyl (C=O) groups excluding carboxylic acids is 1. The molecule has 1 aliphatic carbocycles. The molecule has 1 N–H and O–H groups in total. The summed E-state index contributed by atoms with van der Waals surface area (Å²) in [4.78, 5) is 35.6. The molecule has 12 nitrogen and oxygen atoms in total. The highest BCUT2D eigenvalue weighted by Crippen LogP contribution is 2.37. The topological polar surface area (TPSA) is 149 Å². The Bertz CT molecular complexity index is 1770. The number of carbonyl (C=O) groups is 1. The number of nitrogens with one attached hydrogen (secondary N) is 1. The van der Waals surface area contributed by atoms with Gasteiger partial charge in [0.05, 0.1) is 34.9 Å². The Morgan fingerprint density at radius 3 is 2.38 bits per heavy atom. The second-order valence-electron chi connectivity index (χ2n) is 11.0. The molecule has 45 heavy (non-hydrogen) atoms. The highest BCUT2D eigenvalue weighted by Gasteiger charge is 2.36. The molecule has 0 aromatic carbocycles. The molecule has 0 saturated heterocycles. The van der Waals surface area contributed by atoms with E-state index in [4.69, 9.17) is 0 Å². The van der Waals surface area contributed by atoms with Crippen molar-refractivity contribution in [2.45, 2.75) is 68.6 Å². The number of aryl methyl sites for hydroxylation is 1. The molecule has 0 atom stereocenters. The van der Waals surface area contributed by atoms with Crippen LogP contribution < -0.4 is 10.2 Å². The summed E-state index contributed by atoms with van der Waals surface area (Å²) in [5.74, 6) is 0.373. The van der Waals surface area contributed by atoms with Gasteiger partial charge in [-0.2, -0.15) is 18.3 Å². The molecule has 4 aromatic heterocycles. The Labute approximate surface area is 258 Å². The molecule has 4 aromatic rings. The van der Waals surface area contributed by atoms with Crippen molar-refractivity contribution in [3.05, 3.63) is 55.0 Å². The minimum absolute atomic E-state index is 0.0259. The van der Waals surface area contributed by atoms with Crippen LogP contribution >= 0.6 is 0 Å². The molecule has 1 fully saturated rings. The maximum Gasteiger partial charge on any atom is 0.419 e. The lowest BCUT2D eigenvalue weighted by atomic mass is 9.90. The van der Waals surface area contributed by atoms with E-state index in [1.165, 1.54) is 0 Å². The summed E-state index contributed by atoms with van der Waals surface area (Å²) in [7, 11) is -1.91. The molecule has 0 aliphatic heterocycles. The predicted molar refractivity (Wildman–Crippen MR) is 160 cm³/mol. The lowest BCUT2D eigenvalue weighted by Crippen LogP contribution is -2.44. The van der Waals surface area contributed by atoms with Gasteiger partial charge in [-0.3, -0.25) is 24.3 Å². The zero-order valence-electron chi connectivity index (χ0n) is 24.9. The summed E-state index contributed by atoms with van der Waals surface area (Å²) in [6, 6.07) is 0.797. The number of amides is 1. The standard InChI is InChI=1S/C29H32F3N9O3S/c1-4-5-26(42)41(25-16-34-24(15-35-25)19-12-37-40(2)17-19)21-8-6-20(7-9-21)38-28-36-14-23(29(30,31)32)27(39-28)18-10-22(13-33-11-18)45(3,43)44/h10-17,20-21H,4-9H2,1-3H3,(H,36,38,39). The highest BCUT2D eigenvalue weighted by molar-refractivity contribution is 7.90. The van der Waals surface area contributed by atoms with Crippen molar-refractivity contribution in [1.29, 1.82) is 0 Å². The quantitative estimate of drug-likeness (QED) is 0.272. The SMILES string of the molecule is CCCC(=O)N(c1cnc(-c2cnn(C)c2)cn1)C1CCC(Nc2ncc(C(F)(F)F)c(-c3cncc(S(C)(=O)=O)c3)n2)CC1. The molecule has 5 rings (SSSR count). The average Bonchev–Trinajstić information content (AvgIpc) is 3.44. The largest absolute Gasteiger partial charge is 0.419 e. The number of halogens is 3. The Morgan fingerprint density at radius 1 is 1.02 bits per heavy atom. The van der Waals surface area contributed by atoms with Gasteiger partial charge in [0.2, 0.25) is 11.9 Å². The fraction of sp³-hybridized carbons (Fsp3) is 0.414. The number of hydrogen-bond acceptors (Lipinski definition) is 10. The summed E-state index contributed by atoms with van der Waals surface area (Å²) in [5, 5.41) is 7.28. The van der Waals surface area contributed by atoms with E-state index in [2.05, 4.69) is 35.3 Å². The van der Waals surface area contributed by atoms with Crippen LogP contribution in [0.1, 0.15) is 51.0 Å². The van der Waals surface area contributed by atoms with Crippen molar-refractivity contribution >= 4 is 27.5 Å². The van der Waals surface area contributed by atoms with Gasteiger partial charge in [-0.1, -0.05) is 6.92 Å². The van der Waals surface area contributed by atoms with Gasteiger partial charge >= 0.3 is 6.18 Å². The normalized spacial score (nSPS) is 17.2. The van der Waals surface area contributed by atoms with Crippen molar-refractivity contribution in [2.75, 3.05) is 16.5 Å². The molecule has 0 radical (unpaired) electrons. The molecule has 0 bridgehead atoms. The number of hydrogen-bond donors (Lipinski definition) is 1. The first-order valence-electron chi connectivity index (χ1n) is 14.3. The monoisotopic (exact) mass is 643 g/mol. The van der Waals surface area contributed by atoms with E-state index in [1.807, 2.05) is 20.2 Å². The molecule has 1 aliphatic rings. The molecule has 16 heteroatoms. The molecule has 4 heterocycles. The second-order valence-corrected chi connectivity index (χ2v) is 13.0. The molecule has 0 spiro atoms. The van der Waals surface area contributed by atoms with E-state index in [-0.39, 0.29) is 34.4 Å². The van der Waals surface area contributed by atoms with Crippen LogP contribution in [0.2, 0.25) is 0 Å². The summed E-state index contributed by atoms with van der Waals surface area (Å²) in [6.07, 6.45) is 9.18. The van der Waals surface area contributed by atoms with E-state index in [0.717, 1.165) is 30.3 Å². The van der Waals surface area contributed by atoms with Crippen LogP contribution in [0, 0.1) is 0 Å². The lowest BCUT2D eigenvalue weighted by molar-refractivity contribution is -0.137. The fourth-order valence-corrected chi connectivity index (χ4v) is 5.89. The van der Waals surface area contributed by atoms with Crippen molar-refractivity contribution < 1.29 is 26.4 Å². The first-order valence-corrected chi connectivity index (χ1v) is 16.2.